The SMILES string of the molecule is NCc1ccc(-c2cccc(OCc3ccccc3)c2)cc1OC(F)(F)F. The molecule has 2 N–H and O–H groups in total. The number of ether oxygens (including phenoxy) is 2. The van der Waals surface area contributed by atoms with Crippen LogP contribution in [0.25, 0.3) is 11.1 Å². The smallest absolute Gasteiger partial charge is 0.489 e. The molecule has 6 heteroatoms. The first kappa shape index (κ1) is 18.8. The van der Waals surface area contributed by atoms with Gasteiger partial charge in [-0.3, -0.25) is 0 Å². The van der Waals surface area contributed by atoms with E-state index in [1.165, 1.54) is 12.1 Å². The third-order valence-electron chi connectivity index (χ3n) is 3.93. The Morgan fingerprint density at radius 2 is 1.56 bits per heavy atom. The van der Waals surface area contributed by atoms with Crippen molar-refractivity contribution in [2.24, 2.45) is 5.73 Å². The van der Waals surface area contributed by atoms with Gasteiger partial charge >= 0.3 is 6.36 Å². The quantitative estimate of drug-likeness (QED) is 0.639. The summed E-state index contributed by atoms with van der Waals surface area (Å²) in [5.41, 5.74) is 8.12. The Morgan fingerprint density at radius 1 is 0.815 bits per heavy atom. The molecule has 0 aliphatic heterocycles. The van der Waals surface area contributed by atoms with Crippen molar-refractivity contribution in [1.29, 1.82) is 0 Å². The molecule has 0 heterocycles. The number of rotatable bonds is 6. The van der Waals surface area contributed by atoms with Crippen LogP contribution in [0.4, 0.5) is 13.2 Å². The molecule has 0 spiro atoms. The summed E-state index contributed by atoms with van der Waals surface area (Å²) < 4.78 is 47.8. The van der Waals surface area contributed by atoms with E-state index in [2.05, 4.69) is 4.74 Å². The van der Waals surface area contributed by atoms with Crippen molar-refractivity contribution in [3.05, 3.63) is 83.9 Å². The van der Waals surface area contributed by atoms with Crippen LogP contribution in [-0.4, -0.2) is 6.36 Å². The van der Waals surface area contributed by atoms with Gasteiger partial charge in [0.05, 0.1) is 0 Å². The van der Waals surface area contributed by atoms with Gasteiger partial charge in [-0.05, 0) is 34.9 Å². The van der Waals surface area contributed by atoms with Gasteiger partial charge in [0.15, 0.2) is 0 Å². The second kappa shape index (κ2) is 8.14. The van der Waals surface area contributed by atoms with Crippen LogP contribution < -0.4 is 15.2 Å². The highest BCUT2D eigenvalue weighted by molar-refractivity contribution is 5.67. The Hall–Kier alpha value is -2.99. The van der Waals surface area contributed by atoms with E-state index in [-0.39, 0.29) is 17.9 Å². The predicted octanol–water partition coefficient (Wildman–Crippen LogP) is 5.29. The lowest BCUT2D eigenvalue weighted by Gasteiger charge is -2.14. The number of hydrogen-bond acceptors (Lipinski definition) is 3. The third-order valence-corrected chi connectivity index (χ3v) is 3.93. The number of benzene rings is 3. The molecular weight excluding hydrogens is 355 g/mol. The first-order chi connectivity index (χ1) is 12.9. The van der Waals surface area contributed by atoms with Gasteiger partial charge in [0.2, 0.25) is 0 Å². The van der Waals surface area contributed by atoms with E-state index in [1.54, 1.807) is 30.3 Å². The first-order valence-corrected chi connectivity index (χ1v) is 8.30. The summed E-state index contributed by atoms with van der Waals surface area (Å²) >= 11 is 0. The Bertz CT molecular complexity index is 895. The molecule has 0 atom stereocenters. The van der Waals surface area contributed by atoms with Crippen LogP contribution in [0.2, 0.25) is 0 Å². The van der Waals surface area contributed by atoms with Gasteiger partial charge in [-0.1, -0.05) is 54.6 Å². The first-order valence-electron chi connectivity index (χ1n) is 8.30. The van der Waals surface area contributed by atoms with Gasteiger partial charge in [-0.25, -0.2) is 0 Å². The Balaban J connectivity index is 1.82. The van der Waals surface area contributed by atoms with Crippen molar-refractivity contribution in [3.63, 3.8) is 0 Å². The molecule has 0 unspecified atom stereocenters. The molecule has 0 saturated heterocycles. The third kappa shape index (κ3) is 5.24. The van der Waals surface area contributed by atoms with Gasteiger partial charge < -0.3 is 15.2 Å². The molecule has 3 rings (SSSR count). The van der Waals surface area contributed by atoms with E-state index >= 15 is 0 Å². The number of alkyl halides is 3. The Labute approximate surface area is 155 Å². The van der Waals surface area contributed by atoms with E-state index in [9.17, 15) is 13.2 Å². The van der Waals surface area contributed by atoms with Gasteiger partial charge in [0.25, 0.3) is 0 Å². The number of nitrogens with two attached hydrogens (primary N) is 1. The van der Waals surface area contributed by atoms with Crippen LogP contribution in [0.1, 0.15) is 11.1 Å². The van der Waals surface area contributed by atoms with Crippen LogP contribution in [0.15, 0.2) is 72.8 Å². The summed E-state index contributed by atoms with van der Waals surface area (Å²) in [5.74, 6) is 0.329. The maximum absolute atomic E-state index is 12.6. The molecule has 0 aliphatic rings. The van der Waals surface area contributed by atoms with Crippen LogP contribution in [0.5, 0.6) is 11.5 Å². The highest BCUT2D eigenvalue weighted by atomic mass is 19.4. The molecule has 3 aromatic carbocycles. The zero-order valence-corrected chi connectivity index (χ0v) is 14.4. The average molecular weight is 373 g/mol. The van der Waals surface area contributed by atoms with Crippen molar-refractivity contribution in [3.8, 4) is 22.6 Å². The molecule has 0 saturated carbocycles. The molecule has 3 nitrogen and oxygen atoms in total. The fourth-order valence-corrected chi connectivity index (χ4v) is 2.63. The van der Waals surface area contributed by atoms with Crippen LogP contribution in [0, 0.1) is 0 Å². The summed E-state index contributed by atoms with van der Waals surface area (Å²) in [6.45, 7) is 0.352. The Kier molecular flexibility index (Phi) is 5.66. The largest absolute Gasteiger partial charge is 0.573 e. The fraction of sp³-hybridized carbons (Fsp3) is 0.143. The van der Waals surface area contributed by atoms with E-state index < -0.39 is 6.36 Å². The second-order valence-corrected chi connectivity index (χ2v) is 5.88. The van der Waals surface area contributed by atoms with Gasteiger partial charge in [0.1, 0.15) is 18.1 Å². The maximum atomic E-state index is 12.6. The molecule has 0 fully saturated rings. The van der Waals surface area contributed by atoms with E-state index in [0.29, 0.717) is 17.9 Å². The summed E-state index contributed by atoms with van der Waals surface area (Å²) in [5, 5.41) is 0. The zero-order chi connectivity index (χ0) is 19.3. The highest BCUT2D eigenvalue weighted by Crippen LogP contribution is 2.32. The van der Waals surface area contributed by atoms with Gasteiger partial charge in [-0.2, -0.15) is 0 Å². The van der Waals surface area contributed by atoms with E-state index in [4.69, 9.17) is 10.5 Å². The summed E-state index contributed by atoms with van der Waals surface area (Å²) in [6.07, 6.45) is -4.77. The van der Waals surface area contributed by atoms with Crippen molar-refractivity contribution in [2.45, 2.75) is 19.5 Å². The molecule has 140 valence electrons. The minimum Gasteiger partial charge on any atom is -0.489 e. The van der Waals surface area contributed by atoms with E-state index in [0.717, 1.165) is 11.1 Å². The Morgan fingerprint density at radius 3 is 2.26 bits per heavy atom. The minimum atomic E-state index is -4.77. The molecule has 0 bridgehead atoms. The molecule has 3 aromatic rings. The number of hydrogen-bond donors (Lipinski definition) is 1. The molecule has 0 radical (unpaired) electrons. The van der Waals surface area contributed by atoms with Crippen molar-refractivity contribution < 1.29 is 22.6 Å². The van der Waals surface area contributed by atoms with Crippen molar-refractivity contribution in [2.75, 3.05) is 0 Å². The van der Waals surface area contributed by atoms with Gasteiger partial charge in [0, 0.05) is 12.1 Å². The summed E-state index contributed by atoms with van der Waals surface area (Å²) in [7, 11) is 0. The van der Waals surface area contributed by atoms with Crippen LogP contribution >= 0.6 is 0 Å². The van der Waals surface area contributed by atoms with Crippen molar-refractivity contribution >= 4 is 0 Å². The van der Waals surface area contributed by atoms with Gasteiger partial charge in [-0.15, -0.1) is 13.2 Å². The average Bonchev–Trinajstić information content (AvgIpc) is 2.66. The molecule has 0 aromatic heterocycles. The normalized spacial score (nSPS) is 11.3. The molecule has 0 aliphatic carbocycles. The lowest BCUT2D eigenvalue weighted by molar-refractivity contribution is -0.274. The lowest BCUT2D eigenvalue weighted by atomic mass is 10.0. The lowest BCUT2D eigenvalue weighted by Crippen LogP contribution is -2.18. The minimum absolute atomic E-state index is 0.0497. The second-order valence-electron chi connectivity index (χ2n) is 5.88. The monoisotopic (exact) mass is 373 g/mol. The summed E-state index contributed by atoms with van der Waals surface area (Å²) in [6, 6.07) is 21.4. The zero-order valence-electron chi connectivity index (χ0n) is 14.4. The molecule has 0 amide bonds. The van der Waals surface area contributed by atoms with Crippen LogP contribution in [-0.2, 0) is 13.2 Å². The molecule has 27 heavy (non-hydrogen) atoms. The standard InChI is InChI=1S/C21H18F3NO2/c22-21(23,24)27-20-12-17(9-10-18(20)13-25)16-7-4-8-19(11-16)26-14-15-5-2-1-3-6-15/h1-12H,13-14,25H2. The fourth-order valence-electron chi connectivity index (χ4n) is 2.63. The summed E-state index contributed by atoms with van der Waals surface area (Å²) in [4.78, 5) is 0. The number of halogens is 3. The highest BCUT2D eigenvalue weighted by Gasteiger charge is 2.32. The maximum Gasteiger partial charge on any atom is 0.573 e. The molecular formula is C21H18F3NO2. The van der Waals surface area contributed by atoms with Crippen molar-refractivity contribution in [1.82, 2.24) is 0 Å². The topological polar surface area (TPSA) is 44.5 Å². The van der Waals surface area contributed by atoms with Crippen LogP contribution in [0.3, 0.4) is 0 Å². The van der Waals surface area contributed by atoms with E-state index in [1.807, 2.05) is 30.3 Å². The predicted molar refractivity (Wildman–Crippen MR) is 97.2 cm³/mol.